The van der Waals surface area contributed by atoms with Gasteiger partial charge >= 0.3 is 0 Å². The standard InChI is InChI=1S/C12H23N3O2S/c1-4-6-9(10(13)18)12(17)15-8(3)11(16)14-7-5-2/h8-9H,4-7H2,1-3H3,(H2,13,18)(H,14,16)(H,15,17). The van der Waals surface area contributed by atoms with Crippen molar-refractivity contribution < 1.29 is 9.59 Å². The number of nitrogens with one attached hydrogen (secondary N) is 2. The Kier molecular flexibility index (Phi) is 8.28. The lowest BCUT2D eigenvalue weighted by Crippen LogP contribution is -2.48. The molecule has 0 aliphatic rings. The van der Waals surface area contributed by atoms with Crippen LogP contribution >= 0.6 is 12.2 Å². The first-order valence-electron chi connectivity index (χ1n) is 6.31. The smallest absolute Gasteiger partial charge is 0.242 e. The molecule has 0 aliphatic carbocycles. The molecule has 0 saturated heterocycles. The van der Waals surface area contributed by atoms with Gasteiger partial charge in [0.25, 0.3) is 0 Å². The van der Waals surface area contributed by atoms with Crippen LogP contribution < -0.4 is 16.4 Å². The molecule has 6 heteroatoms. The minimum Gasteiger partial charge on any atom is -0.393 e. The van der Waals surface area contributed by atoms with Gasteiger partial charge < -0.3 is 16.4 Å². The number of rotatable bonds is 8. The zero-order valence-corrected chi connectivity index (χ0v) is 12.1. The van der Waals surface area contributed by atoms with Gasteiger partial charge in [-0.2, -0.15) is 0 Å². The Hall–Kier alpha value is -1.17. The lowest BCUT2D eigenvalue weighted by atomic mass is 10.0. The van der Waals surface area contributed by atoms with Gasteiger partial charge in [-0.05, 0) is 19.8 Å². The minimum absolute atomic E-state index is 0.176. The minimum atomic E-state index is -0.572. The zero-order valence-electron chi connectivity index (χ0n) is 11.3. The van der Waals surface area contributed by atoms with Gasteiger partial charge in [0, 0.05) is 6.54 Å². The maximum absolute atomic E-state index is 11.9. The van der Waals surface area contributed by atoms with Gasteiger partial charge in [0.05, 0.1) is 10.9 Å². The molecule has 2 amide bonds. The molecule has 0 aliphatic heterocycles. The van der Waals surface area contributed by atoms with E-state index in [0.717, 1.165) is 12.8 Å². The predicted octanol–water partition coefficient (Wildman–Crippen LogP) is 0.720. The molecule has 5 nitrogen and oxygen atoms in total. The maximum atomic E-state index is 11.9. The Balaban J connectivity index is 4.35. The average molecular weight is 273 g/mol. The van der Waals surface area contributed by atoms with E-state index in [1.54, 1.807) is 6.92 Å². The highest BCUT2D eigenvalue weighted by molar-refractivity contribution is 7.80. The van der Waals surface area contributed by atoms with Gasteiger partial charge in [0.2, 0.25) is 11.8 Å². The van der Waals surface area contributed by atoms with Gasteiger partial charge in [-0.15, -0.1) is 0 Å². The largest absolute Gasteiger partial charge is 0.393 e. The number of carbonyl (C=O) groups is 2. The molecule has 0 radical (unpaired) electrons. The summed E-state index contributed by atoms with van der Waals surface area (Å²) in [5.74, 6) is -0.960. The molecular weight excluding hydrogens is 250 g/mol. The second-order valence-electron chi connectivity index (χ2n) is 4.26. The van der Waals surface area contributed by atoms with Crippen LogP contribution in [0.15, 0.2) is 0 Å². The third kappa shape index (κ3) is 5.95. The molecule has 0 aromatic heterocycles. The van der Waals surface area contributed by atoms with Crippen LogP contribution in [-0.4, -0.2) is 29.4 Å². The molecule has 0 heterocycles. The fourth-order valence-corrected chi connectivity index (χ4v) is 1.70. The Morgan fingerprint density at radius 3 is 2.28 bits per heavy atom. The molecule has 18 heavy (non-hydrogen) atoms. The summed E-state index contributed by atoms with van der Waals surface area (Å²) < 4.78 is 0. The average Bonchev–Trinajstić information content (AvgIpc) is 2.31. The van der Waals surface area contributed by atoms with E-state index in [1.165, 1.54) is 0 Å². The molecule has 0 bridgehead atoms. The van der Waals surface area contributed by atoms with Gasteiger partial charge in [-0.1, -0.05) is 32.5 Å². The summed E-state index contributed by atoms with van der Waals surface area (Å²) in [4.78, 5) is 23.7. The van der Waals surface area contributed by atoms with E-state index in [-0.39, 0.29) is 16.8 Å². The lowest BCUT2D eigenvalue weighted by molar-refractivity contribution is -0.129. The zero-order chi connectivity index (χ0) is 14.1. The fourth-order valence-electron chi connectivity index (χ4n) is 1.47. The molecule has 4 N–H and O–H groups in total. The van der Waals surface area contributed by atoms with E-state index in [9.17, 15) is 9.59 Å². The number of thiocarbonyl (C=S) groups is 1. The van der Waals surface area contributed by atoms with Crippen LogP contribution in [0, 0.1) is 5.92 Å². The van der Waals surface area contributed by atoms with E-state index in [2.05, 4.69) is 10.6 Å². The highest BCUT2D eigenvalue weighted by Crippen LogP contribution is 2.07. The predicted molar refractivity (Wildman–Crippen MR) is 76.1 cm³/mol. The molecule has 104 valence electrons. The third-order valence-electron chi connectivity index (χ3n) is 2.54. The van der Waals surface area contributed by atoms with Crippen molar-refractivity contribution in [1.82, 2.24) is 10.6 Å². The summed E-state index contributed by atoms with van der Waals surface area (Å²) in [7, 11) is 0. The Bertz CT molecular complexity index is 308. The number of hydrogen-bond donors (Lipinski definition) is 3. The van der Waals surface area contributed by atoms with Crippen LogP contribution in [0.25, 0.3) is 0 Å². The molecule has 0 aromatic rings. The Morgan fingerprint density at radius 1 is 1.22 bits per heavy atom. The van der Waals surface area contributed by atoms with E-state index in [4.69, 9.17) is 18.0 Å². The van der Waals surface area contributed by atoms with Crippen molar-refractivity contribution in [2.24, 2.45) is 11.7 Å². The SMILES string of the molecule is CCCNC(=O)C(C)NC(=O)C(CCC)C(N)=S. The number of amides is 2. The first-order valence-corrected chi connectivity index (χ1v) is 6.72. The highest BCUT2D eigenvalue weighted by Gasteiger charge is 2.23. The first-order chi connectivity index (χ1) is 8.43. The van der Waals surface area contributed by atoms with Crippen molar-refractivity contribution in [2.75, 3.05) is 6.54 Å². The van der Waals surface area contributed by atoms with E-state index in [0.29, 0.717) is 13.0 Å². The summed E-state index contributed by atoms with van der Waals surface area (Å²) in [5.41, 5.74) is 5.53. The summed E-state index contributed by atoms with van der Waals surface area (Å²) in [6.07, 6.45) is 2.27. The number of carbonyl (C=O) groups excluding carboxylic acids is 2. The van der Waals surface area contributed by atoms with Gasteiger partial charge in [0.1, 0.15) is 6.04 Å². The third-order valence-corrected chi connectivity index (χ3v) is 2.82. The van der Waals surface area contributed by atoms with Crippen molar-refractivity contribution >= 4 is 29.0 Å². The summed E-state index contributed by atoms with van der Waals surface area (Å²) in [6, 6.07) is -0.572. The van der Waals surface area contributed by atoms with Crippen molar-refractivity contribution in [3.8, 4) is 0 Å². The monoisotopic (exact) mass is 273 g/mol. The topological polar surface area (TPSA) is 84.2 Å². The highest BCUT2D eigenvalue weighted by atomic mass is 32.1. The van der Waals surface area contributed by atoms with E-state index in [1.807, 2.05) is 13.8 Å². The molecule has 0 aromatic carbocycles. The van der Waals surface area contributed by atoms with E-state index < -0.39 is 12.0 Å². The Labute approximate surface area is 114 Å². The van der Waals surface area contributed by atoms with Crippen LogP contribution in [0.4, 0.5) is 0 Å². The molecule has 0 saturated carbocycles. The number of hydrogen-bond acceptors (Lipinski definition) is 3. The second-order valence-corrected chi connectivity index (χ2v) is 4.74. The van der Waals surface area contributed by atoms with Crippen molar-refractivity contribution in [2.45, 2.75) is 46.1 Å². The second kappa shape index (κ2) is 8.85. The molecule has 0 fully saturated rings. The fraction of sp³-hybridized carbons (Fsp3) is 0.750. The van der Waals surface area contributed by atoms with Crippen LogP contribution in [0.3, 0.4) is 0 Å². The lowest BCUT2D eigenvalue weighted by Gasteiger charge is -2.18. The summed E-state index contributed by atoms with van der Waals surface area (Å²) in [6.45, 7) is 6.17. The summed E-state index contributed by atoms with van der Waals surface area (Å²) in [5, 5.41) is 5.36. The molecule has 0 rings (SSSR count). The van der Waals surface area contributed by atoms with Crippen molar-refractivity contribution in [3.63, 3.8) is 0 Å². The molecule has 2 unspecified atom stereocenters. The van der Waals surface area contributed by atoms with Gasteiger partial charge in [0.15, 0.2) is 0 Å². The van der Waals surface area contributed by atoms with Gasteiger partial charge in [-0.25, -0.2) is 0 Å². The maximum Gasteiger partial charge on any atom is 0.242 e. The molecule has 0 spiro atoms. The summed E-state index contributed by atoms with van der Waals surface area (Å²) >= 11 is 4.86. The molecular formula is C12H23N3O2S. The molecule has 2 atom stereocenters. The number of nitrogens with two attached hydrogens (primary N) is 1. The normalized spacial score (nSPS) is 13.5. The van der Waals surface area contributed by atoms with Crippen LogP contribution in [0.1, 0.15) is 40.0 Å². The van der Waals surface area contributed by atoms with E-state index >= 15 is 0 Å². The van der Waals surface area contributed by atoms with Crippen LogP contribution in [-0.2, 0) is 9.59 Å². The van der Waals surface area contributed by atoms with Gasteiger partial charge in [-0.3, -0.25) is 9.59 Å². The quantitative estimate of drug-likeness (QED) is 0.569. The van der Waals surface area contributed by atoms with Crippen LogP contribution in [0.2, 0.25) is 0 Å². The van der Waals surface area contributed by atoms with Crippen LogP contribution in [0.5, 0.6) is 0 Å². The van der Waals surface area contributed by atoms with Crippen molar-refractivity contribution in [1.29, 1.82) is 0 Å². The Morgan fingerprint density at radius 2 is 1.83 bits per heavy atom. The first kappa shape index (κ1) is 16.8. The van der Waals surface area contributed by atoms with Crippen molar-refractivity contribution in [3.05, 3.63) is 0 Å².